The maximum absolute atomic E-state index is 13.3. The number of nitrogens with zero attached hydrogens (tertiary/aromatic N) is 2. The fourth-order valence-corrected chi connectivity index (χ4v) is 5.12. The number of fused-ring (bicyclic) bond motifs is 1. The first-order valence-electron chi connectivity index (χ1n) is 8.28. The predicted octanol–water partition coefficient (Wildman–Crippen LogP) is 4.12. The summed E-state index contributed by atoms with van der Waals surface area (Å²) in [6.07, 6.45) is 0.0524. The molecule has 0 aromatic heterocycles. The molecular weight excluding hydrogens is 387 g/mol. The molecule has 2 aliphatic rings. The summed E-state index contributed by atoms with van der Waals surface area (Å²) in [6, 6.07) is 14.7. The Morgan fingerprint density at radius 3 is 2.70 bits per heavy atom. The van der Waals surface area contributed by atoms with Gasteiger partial charge < -0.3 is 5.11 Å². The molecule has 136 valence electrons. The van der Waals surface area contributed by atoms with E-state index in [1.807, 2.05) is 6.07 Å². The van der Waals surface area contributed by atoms with Crippen LogP contribution in [0.15, 0.2) is 59.1 Å². The molecule has 2 unspecified atom stereocenters. The van der Waals surface area contributed by atoms with E-state index in [2.05, 4.69) is 6.07 Å². The van der Waals surface area contributed by atoms with E-state index < -0.39 is 17.5 Å². The van der Waals surface area contributed by atoms with Crippen LogP contribution in [0, 0.1) is 17.1 Å². The third-order valence-corrected chi connectivity index (χ3v) is 6.33. The number of nitriles is 1. The smallest absolute Gasteiger partial charge is 0.231 e. The van der Waals surface area contributed by atoms with Crippen molar-refractivity contribution in [2.75, 3.05) is 5.75 Å². The number of rotatable bonds is 2. The van der Waals surface area contributed by atoms with Gasteiger partial charge in [0.25, 0.3) is 0 Å². The van der Waals surface area contributed by atoms with Crippen molar-refractivity contribution in [3.63, 3.8) is 0 Å². The fraction of sp³-hybridized carbons (Fsp3) is 0.200. The van der Waals surface area contributed by atoms with Crippen LogP contribution in [0.1, 0.15) is 23.5 Å². The van der Waals surface area contributed by atoms with E-state index in [0.717, 1.165) is 5.56 Å². The number of halogens is 2. The molecule has 0 aliphatic carbocycles. The number of carbonyl (C=O) groups is 1. The van der Waals surface area contributed by atoms with Crippen molar-refractivity contribution in [1.82, 2.24) is 4.90 Å². The first kappa shape index (κ1) is 18.1. The molecule has 0 radical (unpaired) electrons. The summed E-state index contributed by atoms with van der Waals surface area (Å²) in [4.78, 5) is 14.2. The first-order chi connectivity index (χ1) is 12.9. The van der Waals surface area contributed by atoms with Crippen molar-refractivity contribution in [3.8, 4) is 6.07 Å². The Bertz CT molecular complexity index is 1000. The summed E-state index contributed by atoms with van der Waals surface area (Å²) in [5.41, 5.74) is 0.0298. The first-order valence-corrected chi connectivity index (χ1v) is 9.64. The van der Waals surface area contributed by atoms with E-state index in [1.165, 1.54) is 40.9 Å². The lowest BCUT2D eigenvalue weighted by Crippen LogP contribution is -2.48. The van der Waals surface area contributed by atoms with Crippen molar-refractivity contribution >= 4 is 29.3 Å². The fourth-order valence-electron chi connectivity index (χ4n) is 3.56. The number of hydrogen-bond donors (Lipinski definition) is 1. The maximum atomic E-state index is 13.3. The Kier molecular flexibility index (Phi) is 4.47. The molecule has 4 nitrogen and oxygen atoms in total. The van der Waals surface area contributed by atoms with Crippen LogP contribution in [0.5, 0.6) is 0 Å². The Labute approximate surface area is 164 Å². The van der Waals surface area contributed by atoms with Gasteiger partial charge in [-0.15, -0.1) is 11.8 Å². The van der Waals surface area contributed by atoms with Crippen molar-refractivity contribution in [1.29, 1.82) is 5.26 Å². The van der Waals surface area contributed by atoms with Gasteiger partial charge in [0.1, 0.15) is 5.82 Å². The normalized spacial score (nSPS) is 24.7. The lowest BCUT2D eigenvalue weighted by atomic mass is 9.85. The summed E-state index contributed by atoms with van der Waals surface area (Å²) < 4.78 is 13.3. The zero-order chi connectivity index (χ0) is 19.2. The van der Waals surface area contributed by atoms with Gasteiger partial charge in [-0.05, 0) is 29.8 Å². The third kappa shape index (κ3) is 2.92. The van der Waals surface area contributed by atoms with Crippen LogP contribution in [-0.4, -0.2) is 21.7 Å². The number of amides is 1. The molecule has 0 saturated carbocycles. The highest BCUT2D eigenvalue weighted by molar-refractivity contribution is 8.03. The lowest BCUT2D eigenvalue weighted by Gasteiger charge is -2.38. The molecule has 2 aromatic carbocycles. The Morgan fingerprint density at radius 1 is 1.30 bits per heavy atom. The SMILES string of the molecule is N#CC1=C2SCC(O)(c3ccc(F)cc3)N2C(=O)CC1c1cccc(Cl)c1. The molecule has 27 heavy (non-hydrogen) atoms. The Hall–Kier alpha value is -2.33. The summed E-state index contributed by atoms with van der Waals surface area (Å²) in [5, 5.41) is 22.0. The molecule has 2 aromatic rings. The third-order valence-electron chi connectivity index (χ3n) is 4.87. The monoisotopic (exact) mass is 400 g/mol. The van der Waals surface area contributed by atoms with Crippen LogP contribution in [0.2, 0.25) is 5.02 Å². The number of allylic oxidation sites excluding steroid dienone is 1. The van der Waals surface area contributed by atoms with E-state index in [0.29, 0.717) is 21.2 Å². The summed E-state index contributed by atoms with van der Waals surface area (Å²) >= 11 is 7.33. The van der Waals surface area contributed by atoms with Gasteiger partial charge in [0.05, 0.1) is 22.4 Å². The van der Waals surface area contributed by atoms with Crippen LogP contribution in [0.4, 0.5) is 4.39 Å². The van der Waals surface area contributed by atoms with Gasteiger partial charge in [-0.3, -0.25) is 9.69 Å². The minimum Gasteiger partial charge on any atom is -0.366 e. The quantitative estimate of drug-likeness (QED) is 0.823. The Morgan fingerprint density at radius 2 is 2.04 bits per heavy atom. The van der Waals surface area contributed by atoms with E-state index in [9.17, 15) is 19.6 Å². The number of thioether (sulfide) groups is 1. The molecule has 2 heterocycles. The van der Waals surface area contributed by atoms with Gasteiger partial charge >= 0.3 is 0 Å². The zero-order valence-electron chi connectivity index (χ0n) is 14.0. The van der Waals surface area contributed by atoms with Gasteiger partial charge in [0.15, 0.2) is 5.72 Å². The van der Waals surface area contributed by atoms with E-state index >= 15 is 0 Å². The molecule has 4 rings (SSSR count). The van der Waals surface area contributed by atoms with Gasteiger partial charge in [0.2, 0.25) is 5.91 Å². The molecule has 1 N–H and O–H groups in total. The van der Waals surface area contributed by atoms with Gasteiger partial charge in [0, 0.05) is 22.9 Å². The molecule has 0 bridgehead atoms. The highest BCUT2D eigenvalue weighted by Crippen LogP contribution is 2.51. The van der Waals surface area contributed by atoms with Crippen molar-refractivity contribution in [3.05, 3.63) is 81.1 Å². The van der Waals surface area contributed by atoms with Crippen molar-refractivity contribution in [2.24, 2.45) is 0 Å². The number of aliphatic hydroxyl groups is 1. The summed E-state index contributed by atoms with van der Waals surface area (Å²) in [5.74, 6) is -0.943. The molecule has 7 heteroatoms. The molecular formula is C20H14ClFN2O2S. The van der Waals surface area contributed by atoms with Crippen LogP contribution in [0.3, 0.4) is 0 Å². The lowest BCUT2D eigenvalue weighted by molar-refractivity contribution is -0.149. The minimum atomic E-state index is -1.60. The maximum Gasteiger partial charge on any atom is 0.231 e. The summed E-state index contributed by atoms with van der Waals surface area (Å²) in [6.45, 7) is 0. The van der Waals surface area contributed by atoms with Gasteiger partial charge in [-0.25, -0.2) is 4.39 Å². The zero-order valence-corrected chi connectivity index (χ0v) is 15.6. The number of benzene rings is 2. The van der Waals surface area contributed by atoms with Crippen molar-refractivity contribution in [2.45, 2.75) is 18.1 Å². The second-order valence-corrected chi connectivity index (χ2v) is 7.88. The molecule has 1 saturated heterocycles. The predicted molar refractivity (Wildman–Crippen MR) is 101 cm³/mol. The average Bonchev–Trinajstić information content (AvgIpc) is 3.01. The number of hydrogen-bond acceptors (Lipinski definition) is 4. The highest BCUT2D eigenvalue weighted by atomic mass is 35.5. The highest BCUT2D eigenvalue weighted by Gasteiger charge is 2.51. The van der Waals surface area contributed by atoms with Crippen LogP contribution < -0.4 is 0 Å². The molecule has 1 amide bonds. The second-order valence-electron chi connectivity index (χ2n) is 6.48. The Balaban J connectivity index is 1.81. The van der Waals surface area contributed by atoms with Crippen LogP contribution in [-0.2, 0) is 10.5 Å². The van der Waals surface area contributed by atoms with E-state index in [1.54, 1.807) is 18.2 Å². The molecule has 2 aliphatic heterocycles. The van der Waals surface area contributed by atoms with Gasteiger partial charge in [-0.2, -0.15) is 5.26 Å². The molecule has 2 atom stereocenters. The van der Waals surface area contributed by atoms with Gasteiger partial charge in [-0.1, -0.05) is 35.9 Å². The standard InChI is InChI=1S/C20H14ClFN2O2S/c21-14-3-1-2-12(8-14)16-9-18(25)24-19(17(16)10-23)27-11-20(24,26)13-4-6-15(22)7-5-13/h1-8,16,26H,9,11H2. The largest absolute Gasteiger partial charge is 0.366 e. The van der Waals surface area contributed by atoms with Crippen LogP contribution >= 0.6 is 23.4 Å². The van der Waals surface area contributed by atoms with Crippen molar-refractivity contribution < 1.29 is 14.3 Å². The molecule has 0 spiro atoms. The molecule has 1 fully saturated rings. The minimum absolute atomic E-state index is 0.0524. The topological polar surface area (TPSA) is 64.3 Å². The van der Waals surface area contributed by atoms with Crippen LogP contribution in [0.25, 0.3) is 0 Å². The van der Waals surface area contributed by atoms with E-state index in [-0.39, 0.29) is 18.1 Å². The van der Waals surface area contributed by atoms with E-state index in [4.69, 9.17) is 11.6 Å². The number of carbonyl (C=O) groups excluding carboxylic acids is 1. The summed E-state index contributed by atoms with van der Waals surface area (Å²) in [7, 11) is 0. The second kappa shape index (κ2) is 6.68. The average molecular weight is 401 g/mol.